The van der Waals surface area contributed by atoms with Crippen LogP contribution >= 0.6 is 0 Å². The summed E-state index contributed by atoms with van der Waals surface area (Å²) >= 11 is 0. The third-order valence-electron chi connectivity index (χ3n) is 4.16. The van der Waals surface area contributed by atoms with E-state index in [4.69, 9.17) is 14.9 Å². The first kappa shape index (κ1) is 15.6. The summed E-state index contributed by atoms with van der Waals surface area (Å²) in [5.41, 5.74) is 8.22. The van der Waals surface area contributed by atoms with E-state index in [1.165, 1.54) is 5.56 Å². The van der Waals surface area contributed by atoms with Crippen LogP contribution < -0.4 is 10.5 Å². The van der Waals surface area contributed by atoms with Gasteiger partial charge >= 0.3 is 0 Å². The predicted octanol–water partition coefficient (Wildman–Crippen LogP) is 4.31. The van der Waals surface area contributed by atoms with Crippen LogP contribution in [0.2, 0.25) is 0 Å². The first-order valence-electron chi connectivity index (χ1n) is 7.48. The van der Waals surface area contributed by atoms with Crippen molar-refractivity contribution in [3.05, 3.63) is 53.0 Å². The molecule has 2 N–H and O–H groups in total. The molecule has 0 aliphatic carbocycles. The molecule has 0 atom stereocenters. The Morgan fingerprint density at radius 3 is 2.38 bits per heavy atom. The Bertz CT molecular complexity index is 582. The van der Waals surface area contributed by atoms with E-state index in [1.807, 2.05) is 25.1 Å². The molecular weight excluding hydrogens is 262 g/mol. The Labute approximate surface area is 127 Å². The lowest BCUT2D eigenvalue weighted by Crippen LogP contribution is -2.15. The van der Waals surface area contributed by atoms with Crippen molar-refractivity contribution in [1.29, 1.82) is 0 Å². The molecule has 1 aromatic carbocycles. The molecule has 114 valence electrons. The lowest BCUT2D eigenvalue weighted by Gasteiger charge is -2.23. The minimum Gasteiger partial charge on any atom is -0.486 e. The second-order valence-corrected chi connectivity index (χ2v) is 6.07. The highest BCUT2D eigenvalue weighted by atomic mass is 16.5. The Morgan fingerprint density at radius 1 is 1.19 bits per heavy atom. The van der Waals surface area contributed by atoms with Crippen molar-refractivity contribution >= 4 is 0 Å². The van der Waals surface area contributed by atoms with Crippen molar-refractivity contribution < 1.29 is 9.15 Å². The number of hydrogen-bond donors (Lipinski definition) is 1. The summed E-state index contributed by atoms with van der Waals surface area (Å²) in [6, 6.07) is 10.3. The number of aryl methyl sites for hydroxylation is 1. The molecule has 0 aliphatic heterocycles. The highest BCUT2D eigenvalue weighted by Gasteiger charge is 2.17. The standard InChI is InChI=1S/C18H25NO2/c1-5-18(3,4)14-6-8-15(9-7-14)20-12-16-10-13(2)17(11-19)21-16/h6-10H,5,11-12,19H2,1-4H3. The van der Waals surface area contributed by atoms with Gasteiger partial charge in [-0.2, -0.15) is 0 Å². The SMILES string of the molecule is CCC(C)(C)c1ccc(OCc2cc(C)c(CN)o2)cc1. The fourth-order valence-corrected chi connectivity index (χ4v) is 2.22. The monoisotopic (exact) mass is 287 g/mol. The molecule has 2 aromatic rings. The molecule has 0 unspecified atom stereocenters. The normalized spacial score (nSPS) is 11.7. The van der Waals surface area contributed by atoms with Gasteiger partial charge in [-0.1, -0.05) is 32.9 Å². The fourth-order valence-electron chi connectivity index (χ4n) is 2.22. The number of ether oxygens (including phenoxy) is 1. The summed E-state index contributed by atoms with van der Waals surface area (Å²) in [5.74, 6) is 2.49. The van der Waals surface area contributed by atoms with Crippen LogP contribution in [0, 0.1) is 6.92 Å². The van der Waals surface area contributed by atoms with Gasteiger partial charge in [0.05, 0.1) is 6.54 Å². The number of rotatable bonds is 6. The summed E-state index contributed by atoms with van der Waals surface area (Å²) in [6.07, 6.45) is 1.11. The van der Waals surface area contributed by atoms with Crippen molar-refractivity contribution in [3.8, 4) is 5.75 Å². The summed E-state index contributed by atoms with van der Waals surface area (Å²) in [7, 11) is 0. The zero-order valence-corrected chi connectivity index (χ0v) is 13.4. The molecule has 1 heterocycles. The topological polar surface area (TPSA) is 48.4 Å². The lowest BCUT2D eigenvalue weighted by atomic mass is 9.82. The fraction of sp³-hybridized carbons (Fsp3) is 0.444. The second kappa shape index (κ2) is 6.35. The van der Waals surface area contributed by atoms with Gasteiger partial charge in [0, 0.05) is 0 Å². The molecule has 3 heteroatoms. The minimum absolute atomic E-state index is 0.201. The third-order valence-corrected chi connectivity index (χ3v) is 4.16. The van der Waals surface area contributed by atoms with Crippen LogP contribution in [-0.2, 0) is 18.6 Å². The van der Waals surface area contributed by atoms with Crippen molar-refractivity contribution in [2.24, 2.45) is 5.73 Å². The van der Waals surface area contributed by atoms with Crippen molar-refractivity contribution in [3.63, 3.8) is 0 Å². The van der Waals surface area contributed by atoms with Crippen LogP contribution in [0.25, 0.3) is 0 Å². The van der Waals surface area contributed by atoms with Crippen LogP contribution in [0.1, 0.15) is 49.8 Å². The molecule has 1 aromatic heterocycles. The molecule has 0 saturated heterocycles. The van der Waals surface area contributed by atoms with Gasteiger partial charge in [0.25, 0.3) is 0 Å². The average Bonchev–Trinajstić information content (AvgIpc) is 2.86. The highest BCUT2D eigenvalue weighted by Crippen LogP contribution is 2.28. The quantitative estimate of drug-likeness (QED) is 0.861. The molecule has 0 saturated carbocycles. The smallest absolute Gasteiger partial charge is 0.146 e. The molecule has 0 radical (unpaired) electrons. The van der Waals surface area contributed by atoms with Gasteiger partial charge in [0.1, 0.15) is 23.9 Å². The highest BCUT2D eigenvalue weighted by molar-refractivity contribution is 5.31. The van der Waals surface area contributed by atoms with E-state index < -0.39 is 0 Å². The van der Waals surface area contributed by atoms with Crippen molar-refractivity contribution in [2.45, 2.75) is 52.7 Å². The van der Waals surface area contributed by atoms with Gasteiger partial charge in [0.2, 0.25) is 0 Å². The van der Waals surface area contributed by atoms with E-state index in [0.717, 1.165) is 29.3 Å². The Hall–Kier alpha value is -1.74. The first-order valence-corrected chi connectivity index (χ1v) is 7.48. The molecule has 0 fully saturated rings. The molecular formula is C18H25NO2. The molecule has 0 bridgehead atoms. The second-order valence-electron chi connectivity index (χ2n) is 6.07. The zero-order chi connectivity index (χ0) is 15.5. The van der Waals surface area contributed by atoms with Gasteiger partial charge in [-0.3, -0.25) is 0 Å². The number of furan rings is 1. The molecule has 0 amide bonds. The maximum atomic E-state index is 5.77. The van der Waals surface area contributed by atoms with E-state index in [-0.39, 0.29) is 5.41 Å². The van der Waals surface area contributed by atoms with Gasteiger partial charge in [-0.05, 0) is 48.1 Å². The van der Waals surface area contributed by atoms with Crippen LogP contribution in [0.3, 0.4) is 0 Å². The van der Waals surface area contributed by atoms with Crippen LogP contribution in [0.4, 0.5) is 0 Å². The Kier molecular flexibility index (Phi) is 4.73. The van der Waals surface area contributed by atoms with E-state index in [9.17, 15) is 0 Å². The Morgan fingerprint density at radius 2 is 1.86 bits per heavy atom. The van der Waals surface area contributed by atoms with Crippen LogP contribution in [-0.4, -0.2) is 0 Å². The largest absolute Gasteiger partial charge is 0.486 e. The van der Waals surface area contributed by atoms with E-state index in [2.05, 4.69) is 32.9 Å². The van der Waals surface area contributed by atoms with Crippen molar-refractivity contribution in [2.75, 3.05) is 0 Å². The summed E-state index contributed by atoms with van der Waals surface area (Å²) in [4.78, 5) is 0. The van der Waals surface area contributed by atoms with E-state index in [0.29, 0.717) is 13.2 Å². The van der Waals surface area contributed by atoms with Gasteiger partial charge in [-0.25, -0.2) is 0 Å². The summed E-state index contributed by atoms with van der Waals surface area (Å²) in [6.45, 7) is 9.56. The molecule has 3 nitrogen and oxygen atoms in total. The maximum absolute atomic E-state index is 5.77. The molecule has 21 heavy (non-hydrogen) atoms. The van der Waals surface area contributed by atoms with Gasteiger partial charge < -0.3 is 14.9 Å². The van der Waals surface area contributed by atoms with Crippen molar-refractivity contribution in [1.82, 2.24) is 0 Å². The number of hydrogen-bond acceptors (Lipinski definition) is 3. The molecule has 0 spiro atoms. The average molecular weight is 287 g/mol. The van der Waals surface area contributed by atoms with Gasteiger partial charge in [0.15, 0.2) is 0 Å². The van der Waals surface area contributed by atoms with Crippen LogP contribution in [0.15, 0.2) is 34.7 Å². The molecule has 0 aliphatic rings. The maximum Gasteiger partial charge on any atom is 0.146 e. The first-order chi connectivity index (χ1) is 9.96. The lowest BCUT2D eigenvalue weighted by molar-refractivity contribution is 0.266. The number of nitrogens with two attached hydrogens (primary N) is 1. The Balaban J connectivity index is 2.00. The summed E-state index contributed by atoms with van der Waals surface area (Å²) in [5, 5.41) is 0. The number of benzene rings is 1. The molecule has 2 rings (SSSR count). The summed E-state index contributed by atoms with van der Waals surface area (Å²) < 4.78 is 11.4. The minimum atomic E-state index is 0.201. The third kappa shape index (κ3) is 3.67. The van der Waals surface area contributed by atoms with E-state index in [1.54, 1.807) is 0 Å². The van der Waals surface area contributed by atoms with Gasteiger partial charge in [-0.15, -0.1) is 0 Å². The predicted molar refractivity (Wildman–Crippen MR) is 85.4 cm³/mol. The van der Waals surface area contributed by atoms with Crippen LogP contribution in [0.5, 0.6) is 5.75 Å². The van der Waals surface area contributed by atoms with E-state index >= 15 is 0 Å². The zero-order valence-electron chi connectivity index (χ0n) is 13.4.